The van der Waals surface area contributed by atoms with Gasteiger partial charge in [-0.2, -0.15) is 0 Å². The zero-order valence-corrected chi connectivity index (χ0v) is 9.05. The first-order chi connectivity index (χ1) is 6.22. The molecule has 0 bridgehead atoms. The average molecular weight is 181 g/mol. The van der Waals surface area contributed by atoms with Gasteiger partial charge in [-0.15, -0.1) is 0 Å². The maximum atomic E-state index is 5.86. The van der Waals surface area contributed by atoms with Gasteiger partial charge >= 0.3 is 0 Å². The molecule has 1 aliphatic rings. The van der Waals surface area contributed by atoms with E-state index in [9.17, 15) is 0 Å². The number of nitrogens with two attached hydrogens (primary N) is 1. The molecule has 13 heavy (non-hydrogen) atoms. The molecule has 2 N–H and O–H groups in total. The van der Waals surface area contributed by atoms with E-state index < -0.39 is 0 Å². The summed E-state index contributed by atoms with van der Waals surface area (Å²) >= 11 is 0. The minimum atomic E-state index is 0.471. The maximum Gasteiger partial charge on any atom is 0.00449 e. The van der Waals surface area contributed by atoms with Crippen LogP contribution in [0.1, 0.15) is 52.4 Å². The topological polar surface area (TPSA) is 26.0 Å². The van der Waals surface area contributed by atoms with Crippen LogP contribution in [-0.4, -0.2) is 6.04 Å². The second-order valence-electron chi connectivity index (χ2n) is 4.43. The van der Waals surface area contributed by atoms with Crippen molar-refractivity contribution >= 4 is 0 Å². The summed E-state index contributed by atoms with van der Waals surface area (Å²) in [5, 5.41) is 0. The molecule has 1 heteroatoms. The molecule has 0 aromatic carbocycles. The van der Waals surface area contributed by atoms with Crippen LogP contribution in [0.25, 0.3) is 0 Å². The van der Waals surface area contributed by atoms with Crippen molar-refractivity contribution in [2.75, 3.05) is 0 Å². The number of allylic oxidation sites excluding steroid dienone is 2. The second kappa shape index (κ2) is 5.43. The van der Waals surface area contributed by atoms with E-state index >= 15 is 0 Å². The van der Waals surface area contributed by atoms with E-state index in [2.05, 4.69) is 19.9 Å². The zero-order valence-electron chi connectivity index (χ0n) is 9.05. The molecule has 0 aliphatic heterocycles. The van der Waals surface area contributed by atoms with Crippen molar-refractivity contribution in [1.29, 1.82) is 0 Å². The molecule has 0 spiro atoms. The van der Waals surface area contributed by atoms with Gasteiger partial charge in [0.2, 0.25) is 0 Å². The Morgan fingerprint density at radius 1 is 1.46 bits per heavy atom. The summed E-state index contributed by atoms with van der Waals surface area (Å²) in [5.41, 5.74) is 7.51. The minimum absolute atomic E-state index is 0.471. The van der Waals surface area contributed by atoms with Crippen LogP contribution < -0.4 is 5.73 Å². The Labute approximate surface area is 82.4 Å². The fraction of sp³-hybridized carbons (Fsp3) is 0.833. The Bertz CT molecular complexity index is 162. The Morgan fingerprint density at radius 3 is 2.62 bits per heavy atom. The standard InChI is InChI=1S/C12H23N/c1-3-4-10(2)9-11-5-7-12(13)8-6-11/h9-10,12H,3-8,13H2,1-2H3. The third-order valence-corrected chi connectivity index (χ3v) is 2.94. The number of hydrogen-bond donors (Lipinski definition) is 1. The number of rotatable bonds is 3. The van der Waals surface area contributed by atoms with Crippen molar-refractivity contribution in [2.45, 2.75) is 58.4 Å². The summed E-state index contributed by atoms with van der Waals surface area (Å²) in [6.45, 7) is 4.58. The zero-order chi connectivity index (χ0) is 9.68. The van der Waals surface area contributed by atoms with Gasteiger partial charge in [0, 0.05) is 6.04 Å². The van der Waals surface area contributed by atoms with E-state index in [1.54, 1.807) is 5.57 Å². The molecule has 0 aromatic rings. The van der Waals surface area contributed by atoms with Crippen molar-refractivity contribution in [1.82, 2.24) is 0 Å². The maximum absolute atomic E-state index is 5.86. The molecule has 1 rings (SSSR count). The third-order valence-electron chi connectivity index (χ3n) is 2.94. The van der Waals surface area contributed by atoms with E-state index in [1.165, 1.54) is 38.5 Å². The lowest BCUT2D eigenvalue weighted by atomic mass is 9.89. The van der Waals surface area contributed by atoms with E-state index in [1.807, 2.05) is 0 Å². The van der Waals surface area contributed by atoms with Crippen LogP contribution in [-0.2, 0) is 0 Å². The summed E-state index contributed by atoms with van der Waals surface area (Å²) in [7, 11) is 0. The fourth-order valence-corrected chi connectivity index (χ4v) is 2.12. The van der Waals surface area contributed by atoms with Gasteiger partial charge in [-0.3, -0.25) is 0 Å². The average Bonchev–Trinajstić information content (AvgIpc) is 2.09. The van der Waals surface area contributed by atoms with E-state index in [4.69, 9.17) is 5.73 Å². The lowest BCUT2D eigenvalue weighted by Gasteiger charge is -2.21. The Balaban J connectivity index is 2.34. The highest BCUT2D eigenvalue weighted by Gasteiger charge is 2.12. The van der Waals surface area contributed by atoms with Crippen molar-refractivity contribution in [3.05, 3.63) is 11.6 Å². The predicted octanol–water partition coefficient (Wildman–Crippen LogP) is 3.25. The molecular weight excluding hydrogens is 158 g/mol. The van der Waals surface area contributed by atoms with Crippen LogP contribution in [0.3, 0.4) is 0 Å². The van der Waals surface area contributed by atoms with Crippen molar-refractivity contribution in [3.8, 4) is 0 Å². The van der Waals surface area contributed by atoms with Crippen LogP contribution in [0, 0.1) is 5.92 Å². The highest BCUT2D eigenvalue weighted by molar-refractivity contribution is 5.07. The predicted molar refractivity (Wildman–Crippen MR) is 58.6 cm³/mol. The highest BCUT2D eigenvalue weighted by atomic mass is 14.6. The largest absolute Gasteiger partial charge is 0.328 e. The van der Waals surface area contributed by atoms with Crippen LogP contribution in [0.2, 0.25) is 0 Å². The molecule has 1 nitrogen and oxygen atoms in total. The first-order valence-corrected chi connectivity index (χ1v) is 5.67. The third kappa shape index (κ3) is 3.95. The van der Waals surface area contributed by atoms with E-state index in [-0.39, 0.29) is 0 Å². The van der Waals surface area contributed by atoms with Crippen LogP contribution in [0.15, 0.2) is 11.6 Å². The summed E-state index contributed by atoms with van der Waals surface area (Å²) in [6, 6.07) is 0.471. The van der Waals surface area contributed by atoms with Gasteiger partial charge in [0.1, 0.15) is 0 Å². The van der Waals surface area contributed by atoms with Gasteiger partial charge in [0.25, 0.3) is 0 Å². The lowest BCUT2D eigenvalue weighted by Crippen LogP contribution is -2.23. The van der Waals surface area contributed by atoms with Gasteiger partial charge in [-0.25, -0.2) is 0 Å². The molecule has 0 aromatic heterocycles. The van der Waals surface area contributed by atoms with Gasteiger partial charge in [0.15, 0.2) is 0 Å². The molecule has 1 unspecified atom stereocenters. The summed E-state index contributed by atoms with van der Waals surface area (Å²) < 4.78 is 0. The first-order valence-electron chi connectivity index (χ1n) is 5.67. The van der Waals surface area contributed by atoms with Crippen molar-refractivity contribution < 1.29 is 0 Å². The van der Waals surface area contributed by atoms with Gasteiger partial charge in [-0.05, 0) is 38.0 Å². The monoisotopic (exact) mass is 181 g/mol. The van der Waals surface area contributed by atoms with Crippen LogP contribution in [0.5, 0.6) is 0 Å². The molecule has 1 atom stereocenters. The van der Waals surface area contributed by atoms with Crippen molar-refractivity contribution in [2.24, 2.45) is 11.7 Å². The molecular formula is C12H23N. The SMILES string of the molecule is CCCC(C)C=C1CCC(N)CC1. The smallest absolute Gasteiger partial charge is 0.00449 e. The summed E-state index contributed by atoms with van der Waals surface area (Å²) in [5.74, 6) is 0.773. The molecule has 1 fully saturated rings. The Hall–Kier alpha value is -0.300. The van der Waals surface area contributed by atoms with Gasteiger partial charge < -0.3 is 5.73 Å². The van der Waals surface area contributed by atoms with E-state index in [0.29, 0.717) is 6.04 Å². The lowest BCUT2D eigenvalue weighted by molar-refractivity contribution is 0.503. The Kier molecular flexibility index (Phi) is 4.51. The minimum Gasteiger partial charge on any atom is -0.328 e. The molecule has 0 radical (unpaired) electrons. The fourth-order valence-electron chi connectivity index (χ4n) is 2.12. The first kappa shape index (κ1) is 10.8. The van der Waals surface area contributed by atoms with E-state index in [0.717, 1.165) is 5.92 Å². The normalized spacial score (nSPS) is 25.8. The van der Waals surface area contributed by atoms with Gasteiger partial charge in [-0.1, -0.05) is 31.9 Å². The molecule has 0 amide bonds. The molecule has 1 aliphatic carbocycles. The van der Waals surface area contributed by atoms with Crippen LogP contribution >= 0.6 is 0 Å². The molecule has 0 saturated heterocycles. The quantitative estimate of drug-likeness (QED) is 0.664. The molecule has 76 valence electrons. The molecule has 0 heterocycles. The highest BCUT2D eigenvalue weighted by Crippen LogP contribution is 2.24. The second-order valence-corrected chi connectivity index (χ2v) is 4.43. The van der Waals surface area contributed by atoms with Crippen molar-refractivity contribution in [3.63, 3.8) is 0 Å². The molecule has 1 saturated carbocycles. The van der Waals surface area contributed by atoms with Gasteiger partial charge in [0.05, 0.1) is 0 Å². The van der Waals surface area contributed by atoms with Crippen LogP contribution in [0.4, 0.5) is 0 Å². The summed E-state index contributed by atoms with van der Waals surface area (Å²) in [4.78, 5) is 0. The number of hydrogen-bond acceptors (Lipinski definition) is 1. The summed E-state index contributed by atoms with van der Waals surface area (Å²) in [6.07, 6.45) is 10.00. The Morgan fingerprint density at radius 2 is 2.08 bits per heavy atom.